The van der Waals surface area contributed by atoms with E-state index in [0.29, 0.717) is 31.6 Å². The molecule has 5 nitrogen and oxygen atoms in total. The summed E-state index contributed by atoms with van der Waals surface area (Å²) in [5, 5.41) is 13.7. The predicted octanol–water partition coefficient (Wildman–Crippen LogP) is 0.794. The van der Waals surface area contributed by atoms with Crippen molar-refractivity contribution in [3.8, 4) is 6.07 Å². The van der Waals surface area contributed by atoms with Crippen LogP contribution in [0.2, 0.25) is 0 Å². The second-order valence-corrected chi connectivity index (χ2v) is 6.51. The molecule has 1 aromatic carbocycles. The van der Waals surface area contributed by atoms with Crippen LogP contribution in [-0.4, -0.2) is 26.9 Å². The van der Waals surface area contributed by atoms with Crippen molar-refractivity contribution < 1.29 is 13.2 Å². The molecular formula is C13H16N2O3S. The minimum Gasteiger partial charge on any atom is -0.381 e. The van der Waals surface area contributed by atoms with Gasteiger partial charge in [0.05, 0.1) is 23.5 Å². The molecule has 1 fully saturated rings. The van der Waals surface area contributed by atoms with Crippen LogP contribution in [0.1, 0.15) is 17.5 Å². The Bertz CT molecular complexity index is 592. The first-order valence-corrected chi connectivity index (χ1v) is 7.70. The number of ether oxygens (including phenoxy) is 1. The molecule has 1 aliphatic heterocycles. The number of hydrogen-bond donors (Lipinski definition) is 1. The molecule has 102 valence electrons. The highest BCUT2D eigenvalue weighted by Gasteiger charge is 2.34. The van der Waals surface area contributed by atoms with Gasteiger partial charge in [0.1, 0.15) is 0 Å². The lowest BCUT2D eigenvalue weighted by atomic mass is 9.91. The lowest BCUT2D eigenvalue weighted by Gasteiger charge is -2.30. The highest BCUT2D eigenvalue weighted by Crippen LogP contribution is 2.25. The van der Waals surface area contributed by atoms with Crippen molar-refractivity contribution in [1.29, 1.82) is 5.26 Å². The van der Waals surface area contributed by atoms with Crippen LogP contribution in [0.3, 0.4) is 0 Å². The number of nitrogens with two attached hydrogens (primary N) is 1. The Morgan fingerprint density at radius 2 is 2.16 bits per heavy atom. The molecule has 2 unspecified atom stereocenters. The average Bonchev–Trinajstić information content (AvgIpc) is 2.39. The van der Waals surface area contributed by atoms with Gasteiger partial charge in [-0.15, -0.1) is 0 Å². The fourth-order valence-electron chi connectivity index (χ4n) is 2.49. The van der Waals surface area contributed by atoms with Crippen molar-refractivity contribution in [3.05, 3.63) is 35.4 Å². The van der Waals surface area contributed by atoms with E-state index in [-0.39, 0.29) is 5.92 Å². The van der Waals surface area contributed by atoms with E-state index in [1.54, 1.807) is 12.1 Å². The van der Waals surface area contributed by atoms with E-state index in [2.05, 4.69) is 6.07 Å². The second-order valence-electron chi connectivity index (χ2n) is 4.72. The molecule has 0 radical (unpaired) electrons. The summed E-state index contributed by atoms with van der Waals surface area (Å²) in [7, 11) is -3.58. The first-order chi connectivity index (χ1) is 9.02. The number of hydrogen-bond acceptors (Lipinski definition) is 4. The van der Waals surface area contributed by atoms with Gasteiger partial charge in [0, 0.05) is 12.5 Å². The monoisotopic (exact) mass is 280 g/mol. The van der Waals surface area contributed by atoms with Gasteiger partial charge in [-0.25, -0.2) is 13.6 Å². The topological polar surface area (TPSA) is 93.2 Å². The van der Waals surface area contributed by atoms with Crippen LogP contribution in [0.15, 0.2) is 24.3 Å². The summed E-state index contributed by atoms with van der Waals surface area (Å²) >= 11 is 0. The molecule has 19 heavy (non-hydrogen) atoms. The van der Waals surface area contributed by atoms with Gasteiger partial charge in [0.15, 0.2) is 0 Å². The molecule has 6 heteroatoms. The minimum atomic E-state index is -3.58. The number of nitriles is 1. The van der Waals surface area contributed by atoms with Crippen LogP contribution >= 0.6 is 0 Å². The van der Waals surface area contributed by atoms with Gasteiger partial charge in [-0.3, -0.25) is 0 Å². The number of benzene rings is 1. The van der Waals surface area contributed by atoms with Gasteiger partial charge in [-0.05, 0) is 24.5 Å². The maximum absolute atomic E-state index is 11.6. The van der Waals surface area contributed by atoms with Crippen LogP contribution < -0.4 is 5.14 Å². The fraction of sp³-hybridized carbons (Fsp3) is 0.462. The van der Waals surface area contributed by atoms with Crippen LogP contribution in [0.5, 0.6) is 0 Å². The summed E-state index contributed by atoms with van der Waals surface area (Å²) in [6.07, 6.45) is 0.906. The number of nitrogens with zero attached hydrogens (tertiary/aromatic N) is 1. The molecule has 2 rings (SSSR count). The Morgan fingerprint density at radius 3 is 2.84 bits per heavy atom. The number of primary sulfonamides is 1. The Morgan fingerprint density at radius 1 is 1.42 bits per heavy atom. The van der Waals surface area contributed by atoms with Crippen LogP contribution in [0.25, 0.3) is 0 Å². The molecule has 0 amide bonds. The Hall–Kier alpha value is -1.42. The Labute approximate surface area is 113 Å². The molecule has 0 saturated carbocycles. The molecule has 1 aromatic rings. The van der Waals surface area contributed by atoms with Gasteiger partial charge in [-0.2, -0.15) is 5.26 Å². The van der Waals surface area contributed by atoms with Crippen LogP contribution in [0, 0.1) is 17.2 Å². The van der Waals surface area contributed by atoms with Gasteiger partial charge in [0.25, 0.3) is 0 Å². The zero-order chi connectivity index (χ0) is 13.9. The third-order valence-electron chi connectivity index (χ3n) is 3.45. The fourth-order valence-corrected chi connectivity index (χ4v) is 3.63. The normalized spacial score (nSPS) is 23.8. The van der Waals surface area contributed by atoms with Gasteiger partial charge >= 0.3 is 0 Å². The molecule has 0 bridgehead atoms. The van der Waals surface area contributed by atoms with Crippen molar-refractivity contribution in [1.82, 2.24) is 0 Å². The van der Waals surface area contributed by atoms with Crippen LogP contribution in [0.4, 0.5) is 0 Å². The minimum absolute atomic E-state index is 0.196. The van der Waals surface area contributed by atoms with E-state index >= 15 is 0 Å². The molecule has 1 heterocycles. The van der Waals surface area contributed by atoms with Gasteiger partial charge < -0.3 is 4.74 Å². The van der Waals surface area contributed by atoms with Gasteiger partial charge in [-0.1, -0.05) is 18.2 Å². The highest BCUT2D eigenvalue weighted by atomic mass is 32.2. The molecule has 1 saturated heterocycles. The third kappa shape index (κ3) is 3.32. The molecule has 0 aliphatic carbocycles. The summed E-state index contributed by atoms with van der Waals surface area (Å²) in [4.78, 5) is 0. The summed E-state index contributed by atoms with van der Waals surface area (Å²) in [6.45, 7) is 0.776. The molecular weight excluding hydrogens is 264 g/mol. The number of rotatable bonds is 3. The Balaban J connectivity index is 2.23. The second kappa shape index (κ2) is 5.70. The highest BCUT2D eigenvalue weighted by molar-refractivity contribution is 7.89. The summed E-state index contributed by atoms with van der Waals surface area (Å²) in [6, 6.07) is 9.31. The average molecular weight is 280 g/mol. The maximum atomic E-state index is 11.6. The van der Waals surface area contributed by atoms with Crippen LogP contribution in [-0.2, 0) is 21.2 Å². The van der Waals surface area contributed by atoms with E-state index in [1.165, 1.54) is 0 Å². The molecule has 2 N–H and O–H groups in total. The quantitative estimate of drug-likeness (QED) is 0.886. The number of sulfonamides is 1. The van der Waals surface area contributed by atoms with Gasteiger partial charge in [0.2, 0.25) is 10.0 Å². The van der Waals surface area contributed by atoms with Crippen molar-refractivity contribution in [2.24, 2.45) is 11.1 Å². The standard InChI is InChI=1S/C13H16N2O3S/c14-8-11-4-2-1-3-10(11)7-12-9-18-6-5-13(12)19(15,16)17/h1-4,12-13H,5-7,9H2,(H2,15,16,17). The predicted molar refractivity (Wildman–Crippen MR) is 70.7 cm³/mol. The zero-order valence-corrected chi connectivity index (χ0v) is 11.3. The van der Waals surface area contributed by atoms with Crippen molar-refractivity contribution in [2.75, 3.05) is 13.2 Å². The lowest BCUT2D eigenvalue weighted by Crippen LogP contribution is -2.42. The lowest BCUT2D eigenvalue weighted by molar-refractivity contribution is 0.0572. The third-order valence-corrected chi connectivity index (χ3v) is 4.91. The van der Waals surface area contributed by atoms with Crippen molar-refractivity contribution in [3.63, 3.8) is 0 Å². The van der Waals surface area contributed by atoms with E-state index in [0.717, 1.165) is 5.56 Å². The SMILES string of the molecule is N#Cc1ccccc1CC1COCCC1S(N)(=O)=O. The molecule has 1 aliphatic rings. The molecule has 0 aromatic heterocycles. The first-order valence-electron chi connectivity index (χ1n) is 6.09. The molecule has 0 spiro atoms. The summed E-state index contributed by atoms with van der Waals surface area (Å²) in [5.41, 5.74) is 1.41. The summed E-state index contributed by atoms with van der Waals surface area (Å²) in [5.74, 6) is -0.196. The zero-order valence-electron chi connectivity index (χ0n) is 10.5. The van der Waals surface area contributed by atoms with E-state index in [1.807, 2.05) is 12.1 Å². The Kier molecular flexibility index (Phi) is 4.20. The van der Waals surface area contributed by atoms with Crippen molar-refractivity contribution in [2.45, 2.75) is 18.1 Å². The first kappa shape index (κ1) is 14.0. The largest absolute Gasteiger partial charge is 0.381 e. The van der Waals surface area contributed by atoms with E-state index < -0.39 is 15.3 Å². The maximum Gasteiger partial charge on any atom is 0.212 e. The van der Waals surface area contributed by atoms with E-state index in [9.17, 15) is 8.42 Å². The summed E-state index contributed by atoms with van der Waals surface area (Å²) < 4.78 is 28.5. The molecule has 2 atom stereocenters. The smallest absolute Gasteiger partial charge is 0.212 e. The van der Waals surface area contributed by atoms with Crippen molar-refractivity contribution >= 4 is 10.0 Å². The van der Waals surface area contributed by atoms with E-state index in [4.69, 9.17) is 15.1 Å².